The number of nitrogens with zero attached hydrogens (tertiary/aromatic N) is 2. The van der Waals surface area contributed by atoms with Gasteiger partial charge in [-0.2, -0.15) is 0 Å². The maximum absolute atomic E-state index is 11.0. The van der Waals surface area contributed by atoms with Gasteiger partial charge in [-0.3, -0.25) is 4.79 Å². The molecule has 0 saturated carbocycles. The third-order valence-electron chi connectivity index (χ3n) is 3.27. The van der Waals surface area contributed by atoms with Crippen molar-refractivity contribution >= 4 is 11.7 Å². The number of piperidine rings is 1. The Morgan fingerprint density at radius 1 is 1.42 bits per heavy atom. The van der Waals surface area contributed by atoms with Crippen molar-refractivity contribution < 1.29 is 9.53 Å². The van der Waals surface area contributed by atoms with Gasteiger partial charge in [-0.1, -0.05) is 0 Å². The Morgan fingerprint density at radius 3 is 2.68 bits per heavy atom. The number of amides is 1. The van der Waals surface area contributed by atoms with Gasteiger partial charge >= 0.3 is 0 Å². The number of hydrogen-bond donors (Lipinski definition) is 2. The molecule has 0 radical (unpaired) electrons. The summed E-state index contributed by atoms with van der Waals surface area (Å²) in [5.41, 5.74) is 11.0. The summed E-state index contributed by atoms with van der Waals surface area (Å²) in [6.45, 7) is 2.99. The molecule has 6 nitrogen and oxygen atoms in total. The molecule has 0 aliphatic carbocycles. The van der Waals surface area contributed by atoms with Crippen molar-refractivity contribution in [1.82, 2.24) is 4.98 Å². The topological polar surface area (TPSA) is 94.5 Å². The molecule has 1 aliphatic heterocycles. The first-order valence-electron chi connectivity index (χ1n) is 6.53. The van der Waals surface area contributed by atoms with Crippen LogP contribution in [0.25, 0.3) is 0 Å². The zero-order valence-corrected chi connectivity index (χ0v) is 10.9. The first-order chi connectivity index (χ1) is 9.20. The van der Waals surface area contributed by atoms with Gasteiger partial charge in [-0.05, 0) is 25.0 Å². The van der Waals surface area contributed by atoms with E-state index >= 15 is 0 Å². The van der Waals surface area contributed by atoms with E-state index in [2.05, 4.69) is 9.88 Å². The molecule has 1 fully saturated rings. The Morgan fingerprint density at radius 2 is 2.16 bits per heavy atom. The van der Waals surface area contributed by atoms with Crippen LogP contribution in [0.4, 0.5) is 5.82 Å². The summed E-state index contributed by atoms with van der Waals surface area (Å²) in [6, 6.07) is 3.54. The molecule has 0 bridgehead atoms. The number of nitrogens with two attached hydrogens (primary N) is 2. The van der Waals surface area contributed by atoms with Gasteiger partial charge in [0.2, 0.25) is 5.91 Å². The summed E-state index contributed by atoms with van der Waals surface area (Å²) in [4.78, 5) is 17.4. The summed E-state index contributed by atoms with van der Waals surface area (Å²) in [7, 11) is 0. The molecule has 2 heterocycles. The molecule has 104 valence electrons. The zero-order valence-electron chi connectivity index (χ0n) is 10.9. The standard InChI is InChI=1S/C13H20N4O2/c14-5-8-19-11-3-6-17(7-4-11)12-2-1-10(9-16-12)13(15)18/h1-2,9,11H,3-8,14H2,(H2,15,18). The third-order valence-corrected chi connectivity index (χ3v) is 3.27. The zero-order chi connectivity index (χ0) is 13.7. The second-order valence-corrected chi connectivity index (χ2v) is 4.62. The first-order valence-corrected chi connectivity index (χ1v) is 6.53. The maximum Gasteiger partial charge on any atom is 0.250 e. The highest BCUT2D eigenvalue weighted by Crippen LogP contribution is 2.19. The highest BCUT2D eigenvalue weighted by molar-refractivity contribution is 5.92. The van der Waals surface area contributed by atoms with E-state index < -0.39 is 5.91 Å². The number of pyridine rings is 1. The predicted molar refractivity (Wildman–Crippen MR) is 73.0 cm³/mol. The molecular weight excluding hydrogens is 244 g/mol. The average Bonchev–Trinajstić information content (AvgIpc) is 2.46. The lowest BCUT2D eigenvalue weighted by molar-refractivity contribution is 0.0421. The Kier molecular flexibility index (Phi) is 4.70. The molecule has 2 rings (SSSR count). The summed E-state index contributed by atoms with van der Waals surface area (Å²) >= 11 is 0. The van der Waals surface area contributed by atoms with Gasteiger partial charge in [0.05, 0.1) is 18.3 Å². The molecule has 1 saturated heterocycles. The summed E-state index contributed by atoms with van der Waals surface area (Å²) in [5.74, 6) is 0.426. The van der Waals surface area contributed by atoms with Gasteiger partial charge in [0.15, 0.2) is 0 Å². The van der Waals surface area contributed by atoms with E-state index in [9.17, 15) is 4.79 Å². The van der Waals surface area contributed by atoms with Crippen molar-refractivity contribution in [1.29, 1.82) is 0 Å². The lowest BCUT2D eigenvalue weighted by Crippen LogP contribution is -2.38. The molecule has 6 heteroatoms. The van der Waals surface area contributed by atoms with E-state index in [-0.39, 0.29) is 0 Å². The van der Waals surface area contributed by atoms with Crippen molar-refractivity contribution in [2.24, 2.45) is 11.5 Å². The lowest BCUT2D eigenvalue weighted by atomic mass is 10.1. The molecule has 1 aromatic heterocycles. The molecule has 0 aromatic carbocycles. The molecule has 0 unspecified atom stereocenters. The molecule has 4 N–H and O–H groups in total. The van der Waals surface area contributed by atoms with Crippen molar-refractivity contribution in [2.45, 2.75) is 18.9 Å². The maximum atomic E-state index is 11.0. The Bertz CT molecular complexity index is 413. The minimum absolute atomic E-state index is 0.296. The Hall–Kier alpha value is -1.66. The number of primary amides is 1. The minimum atomic E-state index is -0.451. The van der Waals surface area contributed by atoms with E-state index in [0.29, 0.717) is 24.8 Å². The van der Waals surface area contributed by atoms with E-state index in [1.807, 2.05) is 6.07 Å². The fourth-order valence-electron chi connectivity index (χ4n) is 2.21. The molecule has 1 aromatic rings. The molecule has 0 atom stereocenters. The van der Waals surface area contributed by atoms with Gasteiger partial charge < -0.3 is 21.1 Å². The summed E-state index contributed by atoms with van der Waals surface area (Å²) in [5, 5.41) is 0. The van der Waals surface area contributed by atoms with Crippen molar-refractivity contribution in [2.75, 3.05) is 31.1 Å². The molecule has 0 spiro atoms. The van der Waals surface area contributed by atoms with Crippen LogP contribution in [0.3, 0.4) is 0 Å². The lowest BCUT2D eigenvalue weighted by Gasteiger charge is -2.32. The van der Waals surface area contributed by atoms with Crippen LogP contribution >= 0.6 is 0 Å². The Labute approximate surface area is 112 Å². The normalized spacial score (nSPS) is 16.6. The number of aromatic nitrogens is 1. The number of carbonyl (C=O) groups is 1. The summed E-state index contributed by atoms with van der Waals surface area (Å²) in [6.07, 6.45) is 3.76. The van der Waals surface area contributed by atoms with Crippen LogP contribution in [-0.4, -0.2) is 43.2 Å². The van der Waals surface area contributed by atoms with Crippen molar-refractivity contribution in [3.8, 4) is 0 Å². The van der Waals surface area contributed by atoms with Gasteiger partial charge in [0.1, 0.15) is 5.82 Å². The van der Waals surface area contributed by atoms with Crippen LogP contribution in [0.1, 0.15) is 23.2 Å². The molecule has 1 amide bonds. The van der Waals surface area contributed by atoms with Crippen LogP contribution in [0.5, 0.6) is 0 Å². The number of carbonyl (C=O) groups excluding carboxylic acids is 1. The van der Waals surface area contributed by atoms with Gasteiger partial charge in [-0.15, -0.1) is 0 Å². The number of rotatable bonds is 5. The number of hydrogen-bond acceptors (Lipinski definition) is 5. The average molecular weight is 264 g/mol. The fourth-order valence-corrected chi connectivity index (χ4v) is 2.21. The van der Waals surface area contributed by atoms with E-state index in [1.165, 1.54) is 6.20 Å². The van der Waals surface area contributed by atoms with E-state index in [0.717, 1.165) is 31.7 Å². The van der Waals surface area contributed by atoms with Gasteiger partial charge in [-0.25, -0.2) is 4.98 Å². The molecule has 19 heavy (non-hydrogen) atoms. The highest BCUT2D eigenvalue weighted by Gasteiger charge is 2.20. The van der Waals surface area contributed by atoms with Crippen LogP contribution in [0.15, 0.2) is 18.3 Å². The molecular formula is C13H20N4O2. The second-order valence-electron chi connectivity index (χ2n) is 4.62. The minimum Gasteiger partial charge on any atom is -0.377 e. The van der Waals surface area contributed by atoms with Crippen molar-refractivity contribution in [3.05, 3.63) is 23.9 Å². The van der Waals surface area contributed by atoms with E-state index in [4.69, 9.17) is 16.2 Å². The van der Waals surface area contributed by atoms with E-state index in [1.54, 1.807) is 6.07 Å². The second kappa shape index (κ2) is 6.49. The third kappa shape index (κ3) is 3.65. The van der Waals surface area contributed by atoms with Crippen LogP contribution < -0.4 is 16.4 Å². The van der Waals surface area contributed by atoms with Gasteiger partial charge in [0.25, 0.3) is 0 Å². The van der Waals surface area contributed by atoms with Gasteiger partial charge in [0, 0.05) is 25.8 Å². The number of anilines is 1. The number of ether oxygens (including phenoxy) is 1. The smallest absolute Gasteiger partial charge is 0.250 e. The Balaban J connectivity index is 1.88. The first kappa shape index (κ1) is 13.8. The monoisotopic (exact) mass is 264 g/mol. The van der Waals surface area contributed by atoms with Crippen LogP contribution in [0.2, 0.25) is 0 Å². The fraction of sp³-hybridized carbons (Fsp3) is 0.538. The largest absolute Gasteiger partial charge is 0.377 e. The molecule has 1 aliphatic rings. The van der Waals surface area contributed by atoms with Crippen LogP contribution in [-0.2, 0) is 4.74 Å². The van der Waals surface area contributed by atoms with Crippen LogP contribution in [0, 0.1) is 0 Å². The summed E-state index contributed by atoms with van der Waals surface area (Å²) < 4.78 is 5.63. The quantitative estimate of drug-likeness (QED) is 0.788. The highest BCUT2D eigenvalue weighted by atomic mass is 16.5. The van der Waals surface area contributed by atoms with Crippen molar-refractivity contribution in [3.63, 3.8) is 0 Å². The SMILES string of the molecule is NCCOC1CCN(c2ccc(C(N)=O)cn2)CC1. The predicted octanol–water partition coefficient (Wildman–Crippen LogP) is 0.125.